The molecule has 0 bridgehead atoms. The molecule has 0 radical (unpaired) electrons. The van der Waals surface area contributed by atoms with E-state index in [0.29, 0.717) is 0 Å². The van der Waals surface area contributed by atoms with Gasteiger partial charge < -0.3 is 9.53 Å². The van der Waals surface area contributed by atoms with Crippen LogP contribution in [0.25, 0.3) is 17.2 Å². The molecule has 2 aliphatic rings. The highest BCUT2D eigenvalue weighted by Gasteiger charge is 2.53. The molecular weight excluding hydrogens is 288 g/mol. The summed E-state index contributed by atoms with van der Waals surface area (Å²) in [5, 5.41) is 10.9. The Morgan fingerprint density at radius 1 is 1.00 bits per heavy atom. The second kappa shape index (κ2) is 4.41. The maximum atomic E-state index is 10.9. The van der Waals surface area contributed by atoms with Crippen LogP contribution >= 0.6 is 0 Å². The van der Waals surface area contributed by atoms with Crippen LogP contribution in [0, 0.1) is 0 Å². The predicted octanol–water partition coefficient (Wildman–Crippen LogP) is 4.15. The van der Waals surface area contributed by atoms with Crippen molar-refractivity contribution in [2.45, 2.75) is 31.3 Å². The van der Waals surface area contributed by atoms with E-state index in [1.54, 1.807) is 0 Å². The summed E-state index contributed by atoms with van der Waals surface area (Å²) in [6, 6.07) is 14.6. The van der Waals surface area contributed by atoms with Crippen LogP contribution in [0.5, 0.6) is 0 Å². The number of fused-ring (bicyclic) bond motifs is 3. The maximum absolute atomic E-state index is 10.9. The Morgan fingerprint density at radius 2 is 1.73 bits per heavy atom. The van der Waals surface area contributed by atoms with Gasteiger partial charge in [0.2, 0.25) is 0 Å². The van der Waals surface area contributed by atoms with Gasteiger partial charge in [-0.05, 0) is 41.9 Å². The van der Waals surface area contributed by atoms with Crippen molar-refractivity contribution in [3.05, 3.63) is 65.2 Å². The minimum atomic E-state index is -1.88. The smallest absolute Gasteiger partial charge is 0.185 e. The van der Waals surface area contributed by atoms with Gasteiger partial charge in [-0.1, -0.05) is 54.6 Å². The second-order valence-corrected chi connectivity index (χ2v) is 11.5. The summed E-state index contributed by atoms with van der Waals surface area (Å²) in [6.07, 6.45) is 3.23. The molecule has 2 nitrogen and oxygen atoms in total. The molecule has 0 aliphatic heterocycles. The van der Waals surface area contributed by atoms with Crippen molar-refractivity contribution in [3.8, 4) is 11.1 Å². The fraction of sp³-hybridized carbons (Fsp3) is 0.263. The molecule has 0 spiro atoms. The van der Waals surface area contributed by atoms with Crippen LogP contribution in [0.2, 0.25) is 19.6 Å². The molecule has 0 aromatic heterocycles. The Bertz CT molecular complexity index is 788. The highest BCUT2D eigenvalue weighted by atomic mass is 28.4. The van der Waals surface area contributed by atoms with Crippen LogP contribution in [0.15, 0.2) is 48.5 Å². The van der Waals surface area contributed by atoms with Gasteiger partial charge in [0, 0.05) is 5.56 Å². The van der Waals surface area contributed by atoms with Gasteiger partial charge in [-0.15, -0.1) is 0 Å². The van der Waals surface area contributed by atoms with Crippen LogP contribution in [0.4, 0.5) is 0 Å². The lowest BCUT2D eigenvalue weighted by Gasteiger charge is -2.42. The molecule has 3 heteroatoms. The van der Waals surface area contributed by atoms with Crippen molar-refractivity contribution in [2.75, 3.05) is 0 Å². The van der Waals surface area contributed by atoms with Crippen molar-refractivity contribution < 1.29 is 9.53 Å². The standard InChI is InChI=1S/C19H20O2Si/c1-22(2,3)21-19-16-10-5-4-8-14(16)15-9-6-7-13(18(15)19)11-12-17(19)20/h4-12,17,20H,1-3H3/t17-,19-/m0/s1. The maximum Gasteiger partial charge on any atom is 0.185 e. The number of aliphatic hydroxyl groups is 1. The molecule has 0 saturated heterocycles. The number of aliphatic hydroxyl groups excluding tert-OH is 1. The Balaban J connectivity index is 2.10. The average molecular weight is 308 g/mol. The molecule has 22 heavy (non-hydrogen) atoms. The molecule has 4 rings (SSSR count). The third-order valence-electron chi connectivity index (χ3n) is 4.43. The lowest BCUT2D eigenvalue weighted by molar-refractivity contribution is -0.00699. The number of hydrogen-bond acceptors (Lipinski definition) is 2. The summed E-state index contributed by atoms with van der Waals surface area (Å²) >= 11 is 0. The van der Waals surface area contributed by atoms with Crippen molar-refractivity contribution in [2.24, 2.45) is 0 Å². The van der Waals surface area contributed by atoms with E-state index in [9.17, 15) is 5.11 Å². The number of benzene rings is 2. The van der Waals surface area contributed by atoms with Crippen LogP contribution < -0.4 is 0 Å². The summed E-state index contributed by atoms with van der Waals surface area (Å²) in [7, 11) is -1.88. The minimum Gasteiger partial charge on any atom is -0.401 e. The largest absolute Gasteiger partial charge is 0.401 e. The van der Waals surface area contributed by atoms with E-state index in [4.69, 9.17) is 4.43 Å². The first-order valence-corrected chi connectivity index (χ1v) is 11.1. The predicted molar refractivity (Wildman–Crippen MR) is 92.1 cm³/mol. The monoisotopic (exact) mass is 308 g/mol. The highest BCUT2D eigenvalue weighted by molar-refractivity contribution is 6.69. The molecule has 2 aromatic carbocycles. The summed E-state index contributed by atoms with van der Waals surface area (Å²) < 4.78 is 6.67. The molecule has 0 amide bonds. The molecule has 112 valence electrons. The zero-order valence-electron chi connectivity index (χ0n) is 13.1. The van der Waals surface area contributed by atoms with Gasteiger partial charge >= 0.3 is 0 Å². The van der Waals surface area contributed by atoms with Gasteiger partial charge in [0.25, 0.3) is 0 Å². The van der Waals surface area contributed by atoms with Crippen molar-refractivity contribution in [3.63, 3.8) is 0 Å². The third kappa shape index (κ3) is 1.73. The molecule has 2 aromatic rings. The van der Waals surface area contributed by atoms with E-state index in [1.807, 2.05) is 18.2 Å². The SMILES string of the molecule is C[Si](C)(C)O[C@]12c3ccccc3-c3cccc(c31)C=C[C@@H]2O. The van der Waals surface area contributed by atoms with Gasteiger partial charge in [0.1, 0.15) is 11.7 Å². The zero-order chi connectivity index (χ0) is 15.5. The van der Waals surface area contributed by atoms with Crippen LogP contribution in [-0.2, 0) is 10.0 Å². The van der Waals surface area contributed by atoms with E-state index in [0.717, 1.165) is 16.7 Å². The van der Waals surface area contributed by atoms with Crippen LogP contribution in [0.3, 0.4) is 0 Å². The normalized spacial score (nSPS) is 25.0. The first kappa shape index (κ1) is 13.9. The Kier molecular flexibility index (Phi) is 2.80. The lowest BCUT2D eigenvalue weighted by Crippen LogP contribution is -2.49. The molecule has 2 aliphatic carbocycles. The minimum absolute atomic E-state index is 0.656. The number of hydrogen-bond donors (Lipinski definition) is 1. The van der Waals surface area contributed by atoms with E-state index in [2.05, 4.69) is 56.0 Å². The van der Waals surface area contributed by atoms with E-state index in [-0.39, 0.29) is 0 Å². The first-order valence-electron chi connectivity index (χ1n) is 7.73. The summed E-state index contributed by atoms with van der Waals surface area (Å²) in [4.78, 5) is 0. The zero-order valence-corrected chi connectivity index (χ0v) is 14.1. The van der Waals surface area contributed by atoms with Gasteiger partial charge in [0.15, 0.2) is 8.32 Å². The lowest BCUT2D eigenvalue weighted by atomic mass is 9.80. The molecule has 0 unspecified atom stereocenters. The van der Waals surface area contributed by atoms with Crippen LogP contribution in [0.1, 0.15) is 16.7 Å². The molecule has 2 atom stereocenters. The van der Waals surface area contributed by atoms with Crippen molar-refractivity contribution in [1.29, 1.82) is 0 Å². The van der Waals surface area contributed by atoms with Gasteiger partial charge in [-0.2, -0.15) is 0 Å². The molecular formula is C19H20O2Si. The Labute approximate surface area is 132 Å². The van der Waals surface area contributed by atoms with E-state index >= 15 is 0 Å². The average Bonchev–Trinajstić information content (AvgIpc) is 2.75. The molecule has 0 fully saturated rings. The summed E-state index contributed by atoms with van der Waals surface area (Å²) in [5.74, 6) is 0. The quantitative estimate of drug-likeness (QED) is 0.845. The summed E-state index contributed by atoms with van der Waals surface area (Å²) in [6.45, 7) is 6.53. The first-order chi connectivity index (χ1) is 10.4. The van der Waals surface area contributed by atoms with Gasteiger partial charge in [-0.25, -0.2) is 0 Å². The third-order valence-corrected chi connectivity index (χ3v) is 5.36. The molecule has 0 heterocycles. The van der Waals surface area contributed by atoms with Crippen LogP contribution in [-0.4, -0.2) is 19.5 Å². The second-order valence-electron chi connectivity index (χ2n) is 7.07. The van der Waals surface area contributed by atoms with Crippen molar-refractivity contribution >= 4 is 14.4 Å². The van der Waals surface area contributed by atoms with Gasteiger partial charge in [-0.3, -0.25) is 0 Å². The van der Waals surface area contributed by atoms with E-state index < -0.39 is 20.0 Å². The van der Waals surface area contributed by atoms with Gasteiger partial charge in [0.05, 0.1) is 0 Å². The Hall–Kier alpha value is -1.68. The number of rotatable bonds is 2. The summed E-state index contributed by atoms with van der Waals surface area (Å²) in [5.41, 5.74) is 5.00. The fourth-order valence-electron chi connectivity index (χ4n) is 3.81. The van der Waals surface area contributed by atoms with E-state index in [1.165, 1.54) is 11.1 Å². The fourth-order valence-corrected chi connectivity index (χ4v) is 5.11. The molecule has 1 N–H and O–H groups in total. The topological polar surface area (TPSA) is 29.5 Å². The highest BCUT2D eigenvalue weighted by Crippen LogP contribution is 2.55. The Morgan fingerprint density at radius 3 is 2.50 bits per heavy atom. The van der Waals surface area contributed by atoms with Crippen molar-refractivity contribution in [1.82, 2.24) is 0 Å². The molecule has 0 saturated carbocycles.